The van der Waals surface area contributed by atoms with E-state index < -0.39 is 0 Å². The van der Waals surface area contributed by atoms with E-state index in [9.17, 15) is 0 Å². The van der Waals surface area contributed by atoms with Crippen LogP contribution in [0, 0.1) is 0 Å². The van der Waals surface area contributed by atoms with Crippen molar-refractivity contribution in [1.82, 2.24) is 0 Å². The van der Waals surface area contributed by atoms with Gasteiger partial charge in [-0.05, 0) is 25.3 Å². The van der Waals surface area contributed by atoms with E-state index in [1.54, 1.807) is 0 Å². The predicted molar refractivity (Wildman–Crippen MR) is 54.2 cm³/mol. The van der Waals surface area contributed by atoms with Gasteiger partial charge in [-0.1, -0.05) is 30.3 Å². The molecule has 0 fully saturated rings. The van der Waals surface area contributed by atoms with Crippen LogP contribution in [0.25, 0.3) is 5.76 Å². The van der Waals surface area contributed by atoms with Crippen LogP contribution in [-0.2, 0) is 4.74 Å². The second kappa shape index (κ2) is 4.13. The molecule has 1 heteroatoms. The molecule has 0 unspecified atom stereocenters. The average Bonchev–Trinajstić information content (AvgIpc) is 2.47. The highest BCUT2D eigenvalue weighted by atomic mass is 16.5. The van der Waals surface area contributed by atoms with Gasteiger partial charge in [0.1, 0.15) is 5.76 Å². The Morgan fingerprint density at radius 2 is 1.85 bits per heavy atom. The van der Waals surface area contributed by atoms with E-state index in [0.717, 1.165) is 18.8 Å². The molecule has 0 spiro atoms. The third kappa shape index (κ3) is 2.11. The van der Waals surface area contributed by atoms with Gasteiger partial charge in [0.15, 0.2) is 0 Å². The normalized spacial score (nSPS) is 17.1. The van der Waals surface area contributed by atoms with Crippen LogP contribution in [0.15, 0.2) is 36.4 Å². The molecular formula is C12H14O. The van der Waals surface area contributed by atoms with Gasteiger partial charge in [0.2, 0.25) is 0 Å². The smallest absolute Gasteiger partial charge is 0.122 e. The summed E-state index contributed by atoms with van der Waals surface area (Å²) in [6.45, 7) is 0.862. The fourth-order valence-electron chi connectivity index (χ4n) is 1.52. The molecule has 0 aliphatic carbocycles. The monoisotopic (exact) mass is 174 g/mol. The maximum atomic E-state index is 5.65. The Bertz CT molecular complexity index is 287. The van der Waals surface area contributed by atoms with Crippen molar-refractivity contribution in [2.24, 2.45) is 0 Å². The van der Waals surface area contributed by atoms with Crippen molar-refractivity contribution in [2.45, 2.75) is 19.3 Å². The summed E-state index contributed by atoms with van der Waals surface area (Å²) in [5, 5.41) is 0. The number of benzene rings is 1. The average molecular weight is 174 g/mol. The molecule has 1 aliphatic rings. The van der Waals surface area contributed by atoms with Gasteiger partial charge in [0, 0.05) is 5.56 Å². The maximum absolute atomic E-state index is 5.65. The molecule has 0 amide bonds. The Kier molecular flexibility index (Phi) is 2.65. The molecule has 0 bridgehead atoms. The third-order valence-corrected chi connectivity index (χ3v) is 2.24. The van der Waals surface area contributed by atoms with Crippen molar-refractivity contribution in [3.63, 3.8) is 0 Å². The molecule has 0 N–H and O–H groups in total. The van der Waals surface area contributed by atoms with Crippen LogP contribution in [0.2, 0.25) is 0 Å². The lowest BCUT2D eigenvalue weighted by atomic mass is 10.1. The largest absolute Gasteiger partial charge is 0.493 e. The van der Waals surface area contributed by atoms with Gasteiger partial charge in [0.25, 0.3) is 0 Å². The molecule has 1 aromatic carbocycles. The highest BCUT2D eigenvalue weighted by Gasteiger charge is 2.04. The molecule has 13 heavy (non-hydrogen) atoms. The zero-order chi connectivity index (χ0) is 8.93. The number of ether oxygens (including phenoxy) is 1. The summed E-state index contributed by atoms with van der Waals surface area (Å²) in [5.74, 6) is 1.05. The minimum atomic E-state index is 0.862. The van der Waals surface area contributed by atoms with Gasteiger partial charge in [0.05, 0.1) is 6.61 Å². The highest BCUT2D eigenvalue weighted by Crippen LogP contribution is 2.20. The summed E-state index contributed by atoms with van der Waals surface area (Å²) in [4.78, 5) is 0. The Morgan fingerprint density at radius 3 is 2.69 bits per heavy atom. The molecule has 0 aromatic heterocycles. The molecule has 1 nitrogen and oxygen atoms in total. The predicted octanol–water partition coefficient (Wildman–Crippen LogP) is 3.23. The summed E-state index contributed by atoms with van der Waals surface area (Å²) in [6, 6.07) is 10.3. The third-order valence-electron chi connectivity index (χ3n) is 2.24. The van der Waals surface area contributed by atoms with Gasteiger partial charge in [-0.25, -0.2) is 0 Å². The van der Waals surface area contributed by atoms with E-state index in [-0.39, 0.29) is 0 Å². The summed E-state index contributed by atoms with van der Waals surface area (Å²) < 4.78 is 5.65. The van der Waals surface area contributed by atoms with Gasteiger partial charge in [-0.3, -0.25) is 0 Å². The molecule has 0 atom stereocenters. The Hall–Kier alpha value is -1.24. The van der Waals surface area contributed by atoms with Crippen molar-refractivity contribution in [3.8, 4) is 0 Å². The molecule has 1 aliphatic heterocycles. The Labute approximate surface area is 79.0 Å². The molecule has 0 saturated carbocycles. The minimum Gasteiger partial charge on any atom is -0.493 e. The fourth-order valence-corrected chi connectivity index (χ4v) is 1.52. The summed E-state index contributed by atoms with van der Waals surface area (Å²) in [7, 11) is 0. The van der Waals surface area contributed by atoms with Crippen molar-refractivity contribution < 1.29 is 4.74 Å². The zero-order valence-corrected chi connectivity index (χ0v) is 7.70. The second-order valence-electron chi connectivity index (χ2n) is 3.28. The molecule has 1 aromatic rings. The topological polar surface area (TPSA) is 9.23 Å². The fraction of sp³-hybridized carbons (Fsp3) is 0.333. The molecular weight excluding hydrogens is 160 g/mol. The first-order valence-electron chi connectivity index (χ1n) is 4.85. The van der Waals surface area contributed by atoms with Crippen molar-refractivity contribution in [1.29, 1.82) is 0 Å². The lowest BCUT2D eigenvalue weighted by Crippen LogP contribution is -1.91. The zero-order valence-electron chi connectivity index (χ0n) is 7.70. The van der Waals surface area contributed by atoms with Crippen LogP contribution in [-0.4, -0.2) is 6.61 Å². The van der Waals surface area contributed by atoms with E-state index in [1.165, 1.54) is 18.4 Å². The van der Waals surface area contributed by atoms with E-state index in [0.29, 0.717) is 0 Å². The number of hydrogen-bond donors (Lipinski definition) is 0. The van der Waals surface area contributed by atoms with Gasteiger partial charge in [-0.2, -0.15) is 0 Å². The second-order valence-corrected chi connectivity index (χ2v) is 3.28. The SMILES string of the molecule is C1=C(c2ccccc2)OCCCC1. The number of hydrogen-bond acceptors (Lipinski definition) is 1. The highest BCUT2D eigenvalue weighted by molar-refractivity contribution is 5.59. The molecule has 68 valence electrons. The summed E-state index contributed by atoms with van der Waals surface area (Å²) in [5.41, 5.74) is 1.20. The van der Waals surface area contributed by atoms with Crippen LogP contribution in [0.3, 0.4) is 0 Å². The van der Waals surface area contributed by atoms with Crippen LogP contribution in [0.5, 0.6) is 0 Å². The van der Waals surface area contributed by atoms with E-state index in [1.807, 2.05) is 18.2 Å². The summed E-state index contributed by atoms with van der Waals surface area (Å²) in [6.07, 6.45) is 5.76. The quantitative estimate of drug-likeness (QED) is 0.635. The molecule has 0 saturated heterocycles. The van der Waals surface area contributed by atoms with Crippen molar-refractivity contribution in [3.05, 3.63) is 42.0 Å². The lowest BCUT2D eigenvalue weighted by molar-refractivity contribution is 0.275. The van der Waals surface area contributed by atoms with E-state index in [2.05, 4.69) is 18.2 Å². The minimum absolute atomic E-state index is 0.862. The van der Waals surface area contributed by atoms with Gasteiger partial charge >= 0.3 is 0 Å². The van der Waals surface area contributed by atoms with Crippen LogP contribution in [0.4, 0.5) is 0 Å². The molecule has 1 heterocycles. The standard InChI is InChI=1S/C12H14O/c1-3-7-11(8-4-1)12-9-5-2-6-10-13-12/h1,3-4,7-9H,2,5-6,10H2. The summed E-state index contributed by atoms with van der Waals surface area (Å²) >= 11 is 0. The van der Waals surface area contributed by atoms with Gasteiger partial charge in [-0.15, -0.1) is 0 Å². The first-order chi connectivity index (χ1) is 6.47. The molecule has 2 rings (SSSR count). The number of allylic oxidation sites excluding steroid dienone is 1. The Morgan fingerprint density at radius 1 is 1.00 bits per heavy atom. The van der Waals surface area contributed by atoms with Gasteiger partial charge < -0.3 is 4.74 Å². The van der Waals surface area contributed by atoms with Crippen LogP contribution >= 0.6 is 0 Å². The van der Waals surface area contributed by atoms with Crippen molar-refractivity contribution in [2.75, 3.05) is 6.61 Å². The van der Waals surface area contributed by atoms with Crippen LogP contribution in [0.1, 0.15) is 24.8 Å². The van der Waals surface area contributed by atoms with Crippen molar-refractivity contribution >= 4 is 5.76 Å². The first-order valence-corrected chi connectivity index (χ1v) is 4.85. The Balaban J connectivity index is 2.19. The van der Waals surface area contributed by atoms with Crippen LogP contribution < -0.4 is 0 Å². The number of rotatable bonds is 1. The van der Waals surface area contributed by atoms with E-state index >= 15 is 0 Å². The lowest BCUT2D eigenvalue weighted by Gasteiger charge is -2.07. The maximum Gasteiger partial charge on any atom is 0.122 e. The van der Waals surface area contributed by atoms with E-state index in [4.69, 9.17) is 4.74 Å². The first kappa shape index (κ1) is 8.36. The molecule has 0 radical (unpaired) electrons.